The number of halogens is 2. The molecule has 0 bridgehead atoms. The highest BCUT2D eigenvalue weighted by atomic mass is 35.5. The van der Waals surface area contributed by atoms with E-state index in [2.05, 4.69) is 5.32 Å². The Hall–Kier alpha value is -3.00. The van der Waals surface area contributed by atoms with Crippen LogP contribution >= 0.6 is 23.2 Å². The molecule has 0 unspecified atom stereocenters. The zero-order valence-electron chi connectivity index (χ0n) is 14.1. The summed E-state index contributed by atoms with van der Waals surface area (Å²) in [5, 5.41) is 12.9. The molecule has 4 nitrogen and oxygen atoms in total. The number of rotatable bonds is 5. The van der Waals surface area contributed by atoms with Crippen molar-refractivity contribution in [3.8, 4) is 17.4 Å². The number of amides is 1. The number of nitrogens with zero attached hydrogens (tertiary/aromatic N) is 1. The van der Waals surface area contributed by atoms with Gasteiger partial charge in [-0.05, 0) is 35.9 Å². The van der Waals surface area contributed by atoms with E-state index in [1.54, 1.807) is 30.3 Å². The number of nitriles is 1. The summed E-state index contributed by atoms with van der Waals surface area (Å²) in [5.41, 5.74) is 1.65. The SMILES string of the molecule is N#C/C(=C\c1ccc(-c2ccc(Cl)c(Cl)c2)o1)C(=O)NCc1ccccc1. The minimum absolute atomic E-state index is 0.0408. The smallest absolute Gasteiger partial charge is 0.262 e. The van der Waals surface area contributed by atoms with Crippen molar-refractivity contribution in [1.82, 2.24) is 5.32 Å². The Morgan fingerprint density at radius 1 is 1.07 bits per heavy atom. The average molecular weight is 397 g/mol. The van der Waals surface area contributed by atoms with Gasteiger partial charge in [-0.15, -0.1) is 0 Å². The third-order valence-corrected chi connectivity index (χ3v) is 4.52. The first kappa shape index (κ1) is 18.8. The van der Waals surface area contributed by atoms with E-state index in [-0.39, 0.29) is 5.57 Å². The van der Waals surface area contributed by atoms with Gasteiger partial charge in [-0.1, -0.05) is 53.5 Å². The van der Waals surface area contributed by atoms with Crippen LogP contribution in [0.4, 0.5) is 0 Å². The zero-order chi connectivity index (χ0) is 19.2. The van der Waals surface area contributed by atoms with Crippen molar-refractivity contribution in [1.29, 1.82) is 5.26 Å². The van der Waals surface area contributed by atoms with Crippen molar-refractivity contribution in [3.63, 3.8) is 0 Å². The molecule has 3 rings (SSSR count). The average Bonchev–Trinajstić information content (AvgIpc) is 3.16. The highest BCUT2D eigenvalue weighted by molar-refractivity contribution is 6.42. The third kappa shape index (κ3) is 4.79. The molecule has 0 fully saturated rings. The van der Waals surface area contributed by atoms with Crippen LogP contribution in [0, 0.1) is 11.3 Å². The normalized spacial score (nSPS) is 11.1. The minimum atomic E-state index is -0.464. The van der Waals surface area contributed by atoms with Gasteiger partial charge < -0.3 is 9.73 Å². The Balaban J connectivity index is 1.74. The number of nitrogens with one attached hydrogen (secondary N) is 1. The minimum Gasteiger partial charge on any atom is -0.457 e. The van der Waals surface area contributed by atoms with Gasteiger partial charge in [-0.3, -0.25) is 4.79 Å². The second-order valence-corrected chi connectivity index (χ2v) is 6.48. The Morgan fingerprint density at radius 3 is 2.56 bits per heavy atom. The molecule has 0 atom stereocenters. The molecule has 0 saturated carbocycles. The molecule has 0 saturated heterocycles. The second kappa shape index (κ2) is 8.59. The summed E-state index contributed by atoms with van der Waals surface area (Å²) >= 11 is 11.9. The quantitative estimate of drug-likeness (QED) is 0.458. The van der Waals surface area contributed by atoms with E-state index in [0.29, 0.717) is 28.1 Å². The first-order chi connectivity index (χ1) is 13.1. The van der Waals surface area contributed by atoms with Crippen LogP contribution in [0.3, 0.4) is 0 Å². The predicted octanol–water partition coefficient (Wildman–Crippen LogP) is 5.48. The van der Waals surface area contributed by atoms with Crippen LogP contribution in [-0.4, -0.2) is 5.91 Å². The summed E-state index contributed by atoms with van der Waals surface area (Å²) in [6.45, 7) is 0.339. The largest absolute Gasteiger partial charge is 0.457 e. The van der Waals surface area contributed by atoms with Crippen LogP contribution in [0.15, 0.2) is 70.7 Å². The molecule has 3 aromatic rings. The summed E-state index contributed by atoms with van der Waals surface area (Å²) in [7, 11) is 0. The van der Waals surface area contributed by atoms with Crippen LogP contribution in [0.5, 0.6) is 0 Å². The van der Waals surface area contributed by atoms with Crippen molar-refractivity contribution in [2.24, 2.45) is 0 Å². The molecule has 1 N–H and O–H groups in total. The standard InChI is InChI=1S/C21H14Cl2N2O2/c22-18-8-6-15(11-19(18)23)20-9-7-17(27-20)10-16(12-24)21(26)25-13-14-4-2-1-3-5-14/h1-11H,13H2,(H,25,26)/b16-10+. The monoisotopic (exact) mass is 396 g/mol. The van der Waals surface area contributed by atoms with Crippen molar-refractivity contribution in [3.05, 3.63) is 87.6 Å². The third-order valence-electron chi connectivity index (χ3n) is 3.78. The Bertz CT molecular complexity index is 1030. The van der Waals surface area contributed by atoms with Crippen LogP contribution in [0.25, 0.3) is 17.4 Å². The highest BCUT2D eigenvalue weighted by Crippen LogP contribution is 2.30. The summed E-state index contributed by atoms with van der Waals surface area (Å²) < 4.78 is 5.70. The lowest BCUT2D eigenvalue weighted by atomic mass is 10.2. The van der Waals surface area contributed by atoms with E-state index in [1.165, 1.54) is 6.08 Å². The summed E-state index contributed by atoms with van der Waals surface area (Å²) in [6.07, 6.45) is 1.40. The van der Waals surface area contributed by atoms with Gasteiger partial charge in [0.05, 0.1) is 10.0 Å². The van der Waals surface area contributed by atoms with Crippen LogP contribution < -0.4 is 5.32 Å². The first-order valence-electron chi connectivity index (χ1n) is 8.06. The fraction of sp³-hybridized carbons (Fsp3) is 0.0476. The fourth-order valence-corrected chi connectivity index (χ4v) is 2.70. The summed E-state index contributed by atoms with van der Waals surface area (Å²) in [4.78, 5) is 12.2. The van der Waals surface area contributed by atoms with Crippen LogP contribution in [0.1, 0.15) is 11.3 Å². The maximum absolute atomic E-state index is 12.2. The maximum Gasteiger partial charge on any atom is 0.262 e. The molecule has 0 aliphatic carbocycles. The van der Waals surface area contributed by atoms with Crippen molar-refractivity contribution in [2.75, 3.05) is 0 Å². The molecule has 0 radical (unpaired) electrons. The molecule has 1 heterocycles. The molecule has 6 heteroatoms. The van der Waals surface area contributed by atoms with Gasteiger partial charge in [-0.2, -0.15) is 5.26 Å². The van der Waals surface area contributed by atoms with Gasteiger partial charge in [0.15, 0.2) is 0 Å². The van der Waals surface area contributed by atoms with E-state index in [0.717, 1.165) is 11.1 Å². The Morgan fingerprint density at radius 2 is 1.85 bits per heavy atom. The lowest BCUT2D eigenvalue weighted by Crippen LogP contribution is -2.23. The molecule has 27 heavy (non-hydrogen) atoms. The molecule has 0 aliphatic heterocycles. The number of hydrogen-bond donors (Lipinski definition) is 1. The van der Waals surface area contributed by atoms with Gasteiger partial charge in [0.25, 0.3) is 5.91 Å². The number of hydrogen-bond acceptors (Lipinski definition) is 3. The maximum atomic E-state index is 12.2. The topological polar surface area (TPSA) is 66.0 Å². The Kier molecular flexibility index (Phi) is 5.97. The summed E-state index contributed by atoms with van der Waals surface area (Å²) in [5.74, 6) is 0.484. The number of furan rings is 1. The molecular weight excluding hydrogens is 383 g/mol. The number of carbonyl (C=O) groups excluding carboxylic acids is 1. The molecule has 1 amide bonds. The lowest BCUT2D eigenvalue weighted by Gasteiger charge is -2.04. The van der Waals surface area contributed by atoms with Gasteiger partial charge in [0, 0.05) is 18.2 Å². The Labute approximate surface area is 166 Å². The fourth-order valence-electron chi connectivity index (χ4n) is 2.40. The van der Waals surface area contributed by atoms with Gasteiger partial charge in [-0.25, -0.2) is 0 Å². The molecule has 2 aromatic carbocycles. The molecule has 1 aromatic heterocycles. The van der Waals surface area contributed by atoms with E-state index >= 15 is 0 Å². The zero-order valence-corrected chi connectivity index (χ0v) is 15.6. The highest BCUT2D eigenvalue weighted by Gasteiger charge is 2.11. The van der Waals surface area contributed by atoms with E-state index in [4.69, 9.17) is 27.6 Å². The van der Waals surface area contributed by atoms with Crippen molar-refractivity contribution < 1.29 is 9.21 Å². The molecule has 0 aliphatic rings. The molecule has 134 valence electrons. The molecule has 0 spiro atoms. The van der Waals surface area contributed by atoms with E-state index in [9.17, 15) is 10.1 Å². The van der Waals surface area contributed by atoms with Gasteiger partial charge in [0.2, 0.25) is 0 Å². The number of benzene rings is 2. The lowest BCUT2D eigenvalue weighted by molar-refractivity contribution is -0.117. The van der Waals surface area contributed by atoms with Crippen LogP contribution in [-0.2, 0) is 11.3 Å². The number of carbonyl (C=O) groups is 1. The predicted molar refractivity (Wildman–Crippen MR) is 106 cm³/mol. The van der Waals surface area contributed by atoms with Crippen molar-refractivity contribution in [2.45, 2.75) is 6.54 Å². The van der Waals surface area contributed by atoms with E-state index in [1.807, 2.05) is 36.4 Å². The van der Waals surface area contributed by atoms with Crippen LogP contribution in [0.2, 0.25) is 10.0 Å². The first-order valence-corrected chi connectivity index (χ1v) is 8.81. The van der Waals surface area contributed by atoms with Gasteiger partial charge >= 0.3 is 0 Å². The second-order valence-electron chi connectivity index (χ2n) is 5.67. The van der Waals surface area contributed by atoms with Crippen molar-refractivity contribution >= 4 is 35.2 Å². The summed E-state index contributed by atoms with van der Waals surface area (Å²) in [6, 6.07) is 19.9. The van der Waals surface area contributed by atoms with E-state index < -0.39 is 5.91 Å². The van der Waals surface area contributed by atoms with Gasteiger partial charge in [0.1, 0.15) is 23.2 Å². The molecular formula is C21H14Cl2N2O2.